The van der Waals surface area contributed by atoms with E-state index < -0.39 is 11.7 Å². The van der Waals surface area contributed by atoms with Crippen LogP contribution in [0.1, 0.15) is 109 Å². The second-order valence-corrected chi connectivity index (χ2v) is 10.5. The summed E-state index contributed by atoms with van der Waals surface area (Å²) in [6.07, 6.45) is 1.79. The maximum atomic E-state index is 12.7. The van der Waals surface area contributed by atoms with Gasteiger partial charge in [-0.25, -0.2) is 0 Å². The minimum absolute atomic E-state index is 0.491. The lowest BCUT2D eigenvalue weighted by Gasteiger charge is -2.25. The van der Waals surface area contributed by atoms with Crippen molar-refractivity contribution in [2.45, 2.75) is 101 Å². The van der Waals surface area contributed by atoms with Gasteiger partial charge in [0.1, 0.15) is 0 Å². The van der Waals surface area contributed by atoms with Crippen LogP contribution in [0.2, 0.25) is 0 Å². The Balaban J connectivity index is 0. The Bertz CT molecular complexity index is 1300. The number of benzene rings is 3. The fraction of sp³-hybridized carbons (Fsp3) is 0.381. The first-order valence-corrected chi connectivity index (χ1v) is 16.8. The molecule has 3 aromatic carbocycles. The molecule has 3 aromatic rings. The van der Waals surface area contributed by atoms with Crippen LogP contribution in [0.25, 0.3) is 11.3 Å². The summed E-state index contributed by atoms with van der Waals surface area (Å²) in [5.74, 6) is 0. The Kier molecular flexibility index (Phi) is 25.1. The Labute approximate surface area is 285 Å². The molecule has 0 radical (unpaired) electrons. The molecule has 1 N–H and O–H groups in total. The molecule has 0 atom stereocenters. The zero-order valence-corrected chi connectivity index (χ0v) is 30.8. The van der Waals surface area contributed by atoms with E-state index in [1.54, 1.807) is 0 Å². The smallest absolute Gasteiger partial charge is 0.385 e. The van der Waals surface area contributed by atoms with Crippen LogP contribution >= 0.6 is 0 Å². The van der Waals surface area contributed by atoms with E-state index in [4.69, 9.17) is 0 Å². The first kappa shape index (κ1) is 45.1. The van der Waals surface area contributed by atoms with Crippen LogP contribution in [-0.2, 0) is 19.3 Å². The molecular formula is C42H61F3N2. The number of halogens is 3. The molecule has 0 aliphatic rings. The molecule has 5 heteroatoms. The molecule has 3 rings (SSSR count). The molecule has 0 saturated carbocycles. The van der Waals surface area contributed by atoms with Crippen molar-refractivity contribution in [1.29, 1.82) is 0 Å². The summed E-state index contributed by atoms with van der Waals surface area (Å²) in [7, 11) is 0. The van der Waals surface area contributed by atoms with E-state index in [1.165, 1.54) is 35.3 Å². The minimum Gasteiger partial charge on any atom is -0.385 e. The highest BCUT2D eigenvalue weighted by Crippen LogP contribution is 2.29. The number of aryl methyl sites for hydroxylation is 1. The Morgan fingerprint density at radius 3 is 1.70 bits per heavy atom. The van der Waals surface area contributed by atoms with Crippen molar-refractivity contribution in [1.82, 2.24) is 10.2 Å². The summed E-state index contributed by atoms with van der Waals surface area (Å²) < 4.78 is 38.2. The number of hydrogen-bond acceptors (Lipinski definition) is 2. The van der Waals surface area contributed by atoms with Crippen LogP contribution in [0.15, 0.2) is 110 Å². The second-order valence-electron chi connectivity index (χ2n) is 10.5. The van der Waals surface area contributed by atoms with Crippen molar-refractivity contribution in [2.24, 2.45) is 0 Å². The van der Waals surface area contributed by atoms with E-state index in [2.05, 4.69) is 90.0 Å². The Morgan fingerprint density at radius 2 is 1.30 bits per heavy atom. The molecule has 0 heterocycles. The third kappa shape index (κ3) is 19.3. The number of nitrogens with zero attached hydrogens (tertiary/aromatic N) is 1. The normalized spacial score (nSPS) is 10.2. The van der Waals surface area contributed by atoms with Gasteiger partial charge in [-0.15, -0.1) is 6.58 Å². The van der Waals surface area contributed by atoms with Gasteiger partial charge in [0, 0.05) is 31.0 Å². The molecular weight excluding hydrogens is 589 g/mol. The molecule has 0 amide bonds. The first-order chi connectivity index (χ1) is 22.4. The maximum absolute atomic E-state index is 12.7. The summed E-state index contributed by atoms with van der Waals surface area (Å²) in [4.78, 5) is 2.04. The Morgan fingerprint density at radius 1 is 0.809 bits per heavy atom. The lowest BCUT2D eigenvalue weighted by Crippen LogP contribution is -2.20. The van der Waals surface area contributed by atoms with Gasteiger partial charge in [0.15, 0.2) is 0 Å². The molecule has 47 heavy (non-hydrogen) atoms. The lowest BCUT2D eigenvalue weighted by molar-refractivity contribution is -0.137. The monoisotopic (exact) mass is 650 g/mol. The van der Waals surface area contributed by atoms with Crippen molar-refractivity contribution >= 4 is 11.3 Å². The van der Waals surface area contributed by atoms with Crippen LogP contribution < -0.4 is 5.32 Å². The van der Waals surface area contributed by atoms with Gasteiger partial charge in [-0.2, -0.15) is 13.2 Å². The SMILES string of the molecule is C/C=C(\C)c1cccc(C)c1.C=CCCNC(=C)c1ccc(CN(Cc2ccc(C(F)(F)F)cc2)C(=C)C)cc1.CC.CC.CCC. The van der Waals surface area contributed by atoms with E-state index >= 15 is 0 Å². The van der Waals surface area contributed by atoms with Crippen LogP contribution in [0, 0.1) is 6.92 Å². The third-order valence-corrected chi connectivity index (χ3v) is 6.46. The summed E-state index contributed by atoms with van der Waals surface area (Å²) >= 11 is 0. The zero-order chi connectivity index (χ0) is 36.4. The lowest BCUT2D eigenvalue weighted by atomic mass is 10.1. The van der Waals surface area contributed by atoms with E-state index in [-0.39, 0.29) is 0 Å². The van der Waals surface area contributed by atoms with Gasteiger partial charge >= 0.3 is 6.18 Å². The van der Waals surface area contributed by atoms with Crippen molar-refractivity contribution in [3.05, 3.63) is 144 Å². The quantitative estimate of drug-likeness (QED) is 0.164. The largest absolute Gasteiger partial charge is 0.416 e. The molecule has 0 aromatic heterocycles. The number of nitrogens with one attached hydrogen (secondary N) is 1. The van der Waals surface area contributed by atoms with Crippen LogP contribution in [-0.4, -0.2) is 11.4 Å². The van der Waals surface area contributed by atoms with Gasteiger partial charge in [-0.3, -0.25) is 0 Å². The van der Waals surface area contributed by atoms with Gasteiger partial charge in [0.05, 0.1) is 5.56 Å². The van der Waals surface area contributed by atoms with E-state index in [0.717, 1.165) is 53.2 Å². The number of allylic oxidation sites excluding steroid dienone is 3. The predicted molar refractivity (Wildman–Crippen MR) is 203 cm³/mol. The molecule has 0 saturated heterocycles. The summed E-state index contributed by atoms with van der Waals surface area (Å²) in [6.45, 7) is 34.1. The first-order valence-electron chi connectivity index (χ1n) is 16.8. The van der Waals surface area contributed by atoms with Crippen molar-refractivity contribution in [3.63, 3.8) is 0 Å². The standard InChI is InChI=1S/C24H27F3N2.C11H14.C3H8.2C2H6/c1-5-6-15-28-19(4)22-11-7-20(8-12-22)16-29(18(2)3)17-21-9-13-23(14-10-21)24(25,26)27;1-4-10(3)11-7-5-6-9(2)8-11;1-3-2;2*1-2/h5,7-14,28H,1-2,4,6,15-17H2,3H3;4-8H,1-3H3;3H2,1-2H3;2*1-2H3/b;10-4+;;;. The predicted octanol–water partition coefficient (Wildman–Crippen LogP) is 13.3. The Hall–Kier alpha value is -3.99. The highest BCUT2D eigenvalue weighted by molar-refractivity contribution is 5.63. The minimum atomic E-state index is -4.32. The number of hydrogen-bond donors (Lipinski definition) is 1. The number of rotatable bonds is 11. The molecule has 0 aliphatic heterocycles. The molecule has 0 bridgehead atoms. The summed E-state index contributed by atoms with van der Waals surface area (Å²) in [5.41, 5.74) is 7.97. The molecule has 2 nitrogen and oxygen atoms in total. The van der Waals surface area contributed by atoms with Crippen molar-refractivity contribution in [2.75, 3.05) is 6.54 Å². The van der Waals surface area contributed by atoms with Gasteiger partial charge in [-0.05, 0) is 74.1 Å². The maximum Gasteiger partial charge on any atom is 0.416 e. The average molecular weight is 651 g/mol. The van der Waals surface area contributed by atoms with Crippen LogP contribution in [0.3, 0.4) is 0 Å². The topological polar surface area (TPSA) is 15.3 Å². The molecule has 0 spiro atoms. The van der Waals surface area contributed by atoms with Crippen molar-refractivity contribution in [3.8, 4) is 0 Å². The molecule has 0 aliphatic carbocycles. The highest BCUT2D eigenvalue weighted by atomic mass is 19.4. The highest BCUT2D eigenvalue weighted by Gasteiger charge is 2.30. The van der Waals surface area contributed by atoms with E-state index in [0.29, 0.717) is 13.1 Å². The van der Waals surface area contributed by atoms with Gasteiger partial charge in [0.2, 0.25) is 0 Å². The molecule has 0 fully saturated rings. The molecule has 260 valence electrons. The fourth-order valence-corrected chi connectivity index (χ4v) is 3.86. The van der Waals surface area contributed by atoms with Gasteiger partial charge < -0.3 is 10.2 Å². The molecule has 0 unspecified atom stereocenters. The second kappa shape index (κ2) is 26.1. The van der Waals surface area contributed by atoms with Crippen molar-refractivity contribution < 1.29 is 13.2 Å². The van der Waals surface area contributed by atoms with Gasteiger partial charge in [-0.1, -0.05) is 140 Å². The van der Waals surface area contributed by atoms with E-state index in [9.17, 15) is 13.2 Å². The zero-order valence-electron chi connectivity index (χ0n) is 30.8. The average Bonchev–Trinajstić information content (AvgIpc) is 3.07. The number of alkyl halides is 3. The fourth-order valence-electron chi connectivity index (χ4n) is 3.86. The van der Waals surface area contributed by atoms with E-state index in [1.807, 2.05) is 69.9 Å². The summed E-state index contributed by atoms with van der Waals surface area (Å²) in [6, 6.07) is 21.9. The van der Waals surface area contributed by atoms with Gasteiger partial charge in [0.25, 0.3) is 0 Å². The van der Waals surface area contributed by atoms with Crippen LogP contribution in [0.4, 0.5) is 13.2 Å². The third-order valence-electron chi connectivity index (χ3n) is 6.46. The van der Waals surface area contributed by atoms with Crippen LogP contribution in [0.5, 0.6) is 0 Å². The summed E-state index contributed by atoms with van der Waals surface area (Å²) in [5, 5.41) is 3.26.